The highest BCUT2D eigenvalue weighted by Gasteiger charge is 2.16. The third kappa shape index (κ3) is 6.73. The van der Waals surface area contributed by atoms with Crippen LogP contribution in [0.15, 0.2) is 85.3 Å². The van der Waals surface area contributed by atoms with Gasteiger partial charge in [-0.25, -0.2) is 9.97 Å². The Kier molecular flexibility index (Phi) is 8.12. The quantitative estimate of drug-likeness (QED) is 0.260. The fourth-order valence-corrected chi connectivity index (χ4v) is 3.45. The van der Waals surface area contributed by atoms with Gasteiger partial charge < -0.3 is 21.7 Å². The lowest BCUT2D eigenvalue weighted by Crippen LogP contribution is -2.35. The summed E-state index contributed by atoms with van der Waals surface area (Å²) in [5.74, 6) is -1.06. The third-order valence-corrected chi connectivity index (χ3v) is 5.37. The third-order valence-electron chi connectivity index (χ3n) is 5.37. The van der Waals surface area contributed by atoms with Gasteiger partial charge in [-0.2, -0.15) is 0 Å². The molecule has 0 atom stereocenters. The van der Waals surface area contributed by atoms with Gasteiger partial charge in [-0.15, -0.1) is 0 Å². The van der Waals surface area contributed by atoms with Crippen molar-refractivity contribution in [3.05, 3.63) is 108 Å². The van der Waals surface area contributed by atoms with Crippen molar-refractivity contribution >= 4 is 23.5 Å². The lowest BCUT2D eigenvalue weighted by Gasteiger charge is -2.10. The van der Waals surface area contributed by atoms with E-state index in [1.54, 1.807) is 36.4 Å². The summed E-state index contributed by atoms with van der Waals surface area (Å²) in [4.78, 5) is 49.8. The Labute approximate surface area is 213 Å². The van der Waals surface area contributed by atoms with Gasteiger partial charge >= 0.3 is 0 Å². The van der Waals surface area contributed by atoms with Crippen molar-refractivity contribution in [1.29, 1.82) is 0 Å². The van der Waals surface area contributed by atoms with Crippen LogP contribution in [0.5, 0.6) is 0 Å². The molecule has 10 heteroatoms. The van der Waals surface area contributed by atoms with E-state index in [9.17, 15) is 14.4 Å². The number of aromatic nitrogens is 3. The summed E-state index contributed by atoms with van der Waals surface area (Å²) < 4.78 is 0. The second-order valence-corrected chi connectivity index (χ2v) is 7.99. The summed E-state index contributed by atoms with van der Waals surface area (Å²) in [5.41, 5.74) is 8.76. The van der Waals surface area contributed by atoms with Crippen LogP contribution in [0.3, 0.4) is 0 Å². The van der Waals surface area contributed by atoms with Crippen molar-refractivity contribution < 1.29 is 14.4 Å². The molecule has 0 bridgehead atoms. The number of nitrogen functional groups attached to an aromatic ring is 1. The molecule has 0 radical (unpaired) electrons. The van der Waals surface area contributed by atoms with Crippen molar-refractivity contribution in [3.8, 4) is 11.3 Å². The van der Waals surface area contributed by atoms with E-state index in [0.29, 0.717) is 28.9 Å². The second kappa shape index (κ2) is 12.0. The number of hydrogen-bond donors (Lipinski definition) is 4. The van der Waals surface area contributed by atoms with Crippen molar-refractivity contribution in [2.45, 2.75) is 6.54 Å². The number of nitrogens with one attached hydrogen (secondary N) is 3. The molecule has 37 heavy (non-hydrogen) atoms. The molecule has 4 aromatic rings. The van der Waals surface area contributed by atoms with Gasteiger partial charge in [0.15, 0.2) is 11.5 Å². The zero-order chi connectivity index (χ0) is 26.0. The van der Waals surface area contributed by atoms with Gasteiger partial charge in [-0.1, -0.05) is 42.5 Å². The van der Waals surface area contributed by atoms with E-state index in [0.717, 1.165) is 5.56 Å². The molecule has 0 aliphatic heterocycles. The fourth-order valence-electron chi connectivity index (χ4n) is 3.45. The second-order valence-electron chi connectivity index (χ2n) is 7.99. The Balaban J connectivity index is 1.37. The monoisotopic (exact) mass is 495 g/mol. The average molecular weight is 496 g/mol. The fraction of sp³-hybridized carbons (Fsp3) is 0.111. The summed E-state index contributed by atoms with van der Waals surface area (Å²) in [6.45, 7) is 0.775. The van der Waals surface area contributed by atoms with Crippen LogP contribution in [0.1, 0.15) is 36.8 Å². The molecule has 4 rings (SSSR count). The minimum Gasteiger partial charge on any atom is -0.382 e. The van der Waals surface area contributed by atoms with Crippen LogP contribution in [0.25, 0.3) is 11.3 Å². The maximum absolute atomic E-state index is 12.7. The summed E-state index contributed by atoms with van der Waals surface area (Å²) in [6.07, 6.45) is 4.50. The Morgan fingerprint density at radius 2 is 1.46 bits per heavy atom. The number of amides is 3. The Bertz CT molecular complexity index is 1400. The minimum absolute atomic E-state index is 0.0289. The van der Waals surface area contributed by atoms with Crippen LogP contribution in [0, 0.1) is 0 Å². The van der Waals surface area contributed by atoms with Gasteiger partial charge in [-0.3, -0.25) is 19.4 Å². The summed E-state index contributed by atoms with van der Waals surface area (Å²) in [5, 5.41) is 8.27. The molecule has 0 aliphatic carbocycles. The number of carbonyl (C=O) groups is 3. The summed E-state index contributed by atoms with van der Waals surface area (Å²) in [6, 6.07) is 19.7. The number of nitrogens with zero attached hydrogens (tertiary/aromatic N) is 3. The van der Waals surface area contributed by atoms with Gasteiger partial charge in [0.25, 0.3) is 17.7 Å². The smallest absolute Gasteiger partial charge is 0.273 e. The molecule has 0 saturated carbocycles. The number of pyridine rings is 1. The van der Waals surface area contributed by atoms with Crippen molar-refractivity contribution in [2.75, 3.05) is 18.8 Å². The predicted octanol–water partition coefficient (Wildman–Crippen LogP) is 2.21. The lowest BCUT2D eigenvalue weighted by atomic mass is 10.1. The van der Waals surface area contributed by atoms with E-state index < -0.39 is 5.91 Å². The molecule has 0 saturated heterocycles. The SMILES string of the molecule is Nc1ncc(-c2cccc(C(=O)NCc3ccccc3)c2)nc1C(=O)NCCNC(=O)c1ccncc1. The molecule has 2 aromatic heterocycles. The van der Waals surface area contributed by atoms with E-state index in [2.05, 4.69) is 30.9 Å². The first-order valence-electron chi connectivity index (χ1n) is 11.5. The van der Waals surface area contributed by atoms with E-state index in [-0.39, 0.29) is 36.4 Å². The van der Waals surface area contributed by atoms with Crippen LogP contribution in [-0.2, 0) is 6.54 Å². The van der Waals surface area contributed by atoms with Gasteiger partial charge in [0.05, 0.1) is 11.9 Å². The molecule has 2 aromatic carbocycles. The number of rotatable bonds is 9. The normalized spacial score (nSPS) is 10.4. The molecule has 0 aliphatic rings. The number of hydrogen-bond acceptors (Lipinski definition) is 7. The zero-order valence-corrected chi connectivity index (χ0v) is 19.8. The van der Waals surface area contributed by atoms with E-state index in [4.69, 9.17) is 5.73 Å². The van der Waals surface area contributed by atoms with E-state index in [1.165, 1.54) is 18.6 Å². The Morgan fingerprint density at radius 3 is 2.22 bits per heavy atom. The van der Waals surface area contributed by atoms with Crippen LogP contribution in [0.4, 0.5) is 5.82 Å². The summed E-state index contributed by atoms with van der Waals surface area (Å²) >= 11 is 0. The maximum Gasteiger partial charge on any atom is 0.273 e. The Morgan fingerprint density at radius 1 is 0.757 bits per heavy atom. The lowest BCUT2D eigenvalue weighted by molar-refractivity contribution is 0.0925. The molecule has 0 spiro atoms. The van der Waals surface area contributed by atoms with Gasteiger partial charge in [-0.05, 0) is 29.8 Å². The zero-order valence-electron chi connectivity index (χ0n) is 19.8. The molecular formula is C27H25N7O3. The molecule has 0 fully saturated rings. The molecular weight excluding hydrogens is 470 g/mol. The van der Waals surface area contributed by atoms with Crippen LogP contribution in [-0.4, -0.2) is 45.8 Å². The highest BCUT2D eigenvalue weighted by molar-refractivity contribution is 5.98. The van der Waals surface area contributed by atoms with Crippen molar-refractivity contribution in [2.24, 2.45) is 0 Å². The number of carbonyl (C=O) groups excluding carboxylic acids is 3. The minimum atomic E-state index is -0.526. The summed E-state index contributed by atoms with van der Waals surface area (Å²) in [7, 11) is 0. The van der Waals surface area contributed by atoms with Crippen LogP contribution >= 0.6 is 0 Å². The van der Waals surface area contributed by atoms with E-state index >= 15 is 0 Å². The molecule has 2 heterocycles. The van der Waals surface area contributed by atoms with Crippen molar-refractivity contribution in [1.82, 2.24) is 30.9 Å². The van der Waals surface area contributed by atoms with Crippen LogP contribution < -0.4 is 21.7 Å². The number of benzene rings is 2. The maximum atomic E-state index is 12.7. The first kappa shape index (κ1) is 25.0. The predicted molar refractivity (Wildman–Crippen MR) is 138 cm³/mol. The molecule has 10 nitrogen and oxygen atoms in total. The molecule has 0 unspecified atom stereocenters. The molecule has 186 valence electrons. The first-order chi connectivity index (χ1) is 18.0. The van der Waals surface area contributed by atoms with Gasteiger partial charge in [0, 0.05) is 48.7 Å². The van der Waals surface area contributed by atoms with Gasteiger partial charge in [0.2, 0.25) is 0 Å². The number of anilines is 1. The molecule has 3 amide bonds. The van der Waals surface area contributed by atoms with Crippen LogP contribution in [0.2, 0.25) is 0 Å². The highest BCUT2D eigenvalue weighted by Crippen LogP contribution is 2.20. The molecule has 5 N–H and O–H groups in total. The van der Waals surface area contributed by atoms with E-state index in [1.807, 2.05) is 30.3 Å². The average Bonchev–Trinajstić information content (AvgIpc) is 2.95. The Hall–Kier alpha value is -5.12. The topological polar surface area (TPSA) is 152 Å². The van der Waals surface area contributed by atoms with Crippen molar-refractivity contribution in [3.63, 3.8) is 0 Å². The van der Waals surface area contributed by atoms with Gasteiger partial charge in [0.1, 0.15) is 0 Å². The largest absolute Gasteiger partial charge is 0.382 e. The standard InChI is InChI=1S/C27H25N7O3/c28-24-23(27(37)31-14-13-30-25(35)19-9-11-29-12-10-19)34-22(17-32-24)20-7-4-8-21(15-20)26(36)33-16-18-5-2-1-3-6-18/h1-12,15,17H,13-14,16H2,(H2,28,32)(H,30,35)(H,31,37)(H,33,36). The first-order valence-corrected chi connectivity index (χ1v) is 11.5. The number of nitrogens with two attached hydrogens (primary N) is 1. The highest BCUT2D eigenvalue weighted by atomic mass is 16.2.